The summed E-state index contributed by atoms with van der Waals surface area (Å²) in [4.78, 5) is 25.3. The minimum Gasteiger partial charge on any atom is -0.396 e. The SMILES string of the molecule is O=C1Nc2cc(N3CCCC3CCCO)ccc2C1=O. The first-order valence-electron chi connectivity index (χ1n) is 7.08. The number of fused-ring (bicyclic) bond motifs is 1. The van der Waals surface area contributed by atoms with E-state index in [2.05, 4.69) is 10.2 Å². The maximum Gasteiger partial charge on any atom is 0.296 e. The number of nitrogens with zero attached hydrogens (tertiary/aromatic N) is 1. The number of amides is 1. The van der Waals surface area contributed by atoms with Gasteiger partial charge < -0.3 is 15.3 Å². The van der Waals surface area contributed by atoms with Gasteiger partial charge in [0, 0.05) is 24.9 Å². The Kier molecular flexibility index (Phi) is 3.44. The van der Waals surface area contributed by atoms with E-state index in [0.717, 1.165) is 37.9 Å². The molecule has 0 bridgehead atoms. The normalized spacial score (nSPS) is 21.2. The standard InChI is InChI=1S/C15H18N2O3/c18-8-2-4-10-3-1-7-17(10)11-5-6-12-13(9-11)16-15(20)14(12)19/h5-6,9-10,18H,1-4,7-8H2,(H,16,19,20). The van der Waals surface area contributed by atoms with E-state index in [1.165, 1.54) is 0 Å². The molecule has 5 heteroatoms. The molecule has 1 aromatic carbocycles. The van der Waals surface area contributed by atoms with Crippen LogP contribution in [0.2, 0.25) is 0 Å². The number of nitrogens with one attached hydrogen (secondary N) is 1. The molecule has 2 aliphatic heterocycles. The molecule has 5 nitrogen and oxygen atoms in total. The van der Waals surface area contributed by atoms with E-state index in [-0.39, 0.29) is 6.61 Å². The fraction of sp³-hybridized carbons (Fsp3) is 0.467. The van der Waals surface area contributed by atoms with Gasteiger partial charge in [0.25, 0.3) is 11.7 Å². The highest BCUT2D eigenvalue weighted by atomic mass is 16.3. The molecule has 1 saturated heterocycles. The number of Topliss-reactive ketones (excluding diaryl/α,β-unsaturated/α-hetero) is 1. The zero-order chi connectivity index (χ0) is 14.1. The van der Waals surface area contributed by atoms with Crippen LogP contribution in [0.25, 0.3) is 0 Å². The van der Waals surface area contributed by atoms with Gasteiger partial charge in [0.2, 0.25) is 0 Å². The lowest BCUT2D eigenvalue weighted by molar-refractivity contribution is -0.112. The molecule has 2 heterocycles. The molecule has 1 atom stereocenters. The fourth-order valence-electron chi connectivity index (χ4n) is 3.12. The average molecular weight is 274 g/mol. The summed E-state index contributed by atoms with van der Waals surface area (Å²) in [6.45, 7) is 1.20. The van der Waals surface area contributed by atoms with Gasteiger partial charge >= 0.3 is 0 Å². The molecule has 3 rings (SSSR count). The van der Waals surface area contributed by atoms with Gasteiger partial charge in [0.15, 0.2) is 0 Å². The van der Waals surface area contributed by atoms with Crippen molar-refractivity contribution in [3.8, 4) is 0 Å². The van der Waals surface area contributed by atoms with Gasteiger partial charge in [-0.05, 0) is 43.9 Å². The van der Waals surface area contributed by atoms with Crippen molar-refractivity contribution in [3.63, 3.8) is 0 Å². The molecule has 0 saturated carbocycles. The van der Waals surface area contributed by atoms with Crippen molar-refractivity contribution in [1.29, 1.82) is 0 Å². The molecule has 106 valence electrons. The minimum absolute atomic E-state index is 0.221. The van der Waals surface area contributed by atoms with Gasteiger partial charge in [-0.1, -0.05) is 0 Å². The summed E-state index contributed by atoms with van der Waals surface area (Å²) in [5, 5.41) is 11.6. The van der Waals surface area contributed by atoms with Crippen LogP contribution in [0.3, 0.4) is 0 Å². The number of carbonyl (C=O) groups excluding carboxylic acids is 2. The smallest absolute Gasteiger partial charge is 0.296 e. The highest BCUT2D eigenvalue weighted by molar-refractivity contribution is 6.51. The third-order valence-electron chi connectivity index (χ3n) is 4.11. The van der Waals surface area contributed by atoms with Crippen LogP contribution in [-0.2, 0) is 4.79 Å². The largest absolute Gasteiger partial charge is 0.396 e. The molecule has 0 radical (unpaired) electrons. The van der Waals surface area contributed by atoms with Crippen molar-refractivity contribution in [1.82, 2.24) is 0 Å². The van der Waals surface area contributed by atoms with Gasteiger partial charge in [0.05, 0.1) is 11.3 Å². The average Bonchev–Trinajstić information content (AvgIpc) is 3.02. The first-order valence-corrected chi connectivity index (χ1v) is 7.08. The fourth-order valence-corrected chi connectivity index (χ4v) is 3.12. The summed E-state index contributed by atoms with van der Waals surface area (Å²) in [5.41, 5.74) is 2.12. The van der Waals surface area contributed by atoms with Crippen LogP contribution in [0.4, 0.5) is 11.4 Å². The molecule has 2 N–H and O–H groups in total. The second kappa shape index (κ2) is 5.25. The van der Waals surface area contributed by atoms with Crippen LogP contribution in [0.5, 0.6) is 0 Å². The lowest BCUT2D eigenvalue weighted by atomic mass is 10.1. The van der Waals surface area contributed by atoms with E-state index in [1.54, 1.807) is 6.07 Å². The molecule has 0 aromatic heterocycles. The lowest BCUT2D eigenvalue weighted by Crippen LogP contribution is -2.29. The Morgan fingerprint density at radius 3 is 3.00 bits per heavy atom. The summed E-state index contributed by atoms with van der Waals surface area (Å²) in [5.74, 6) is -1.000. The van der Waals surface area contributed by atoms with Crippen molar-refractivity contribution in [2.75, 3.05) is 23.4 Å². The Labute approximate surface area is 117 Å². The molecule has 1 aromatic rings. The molecule has 1 fully saturated rings. The van der Waals surface area contributed by atoms with Crippen molar-refractivity contribution >= 4 is 23.1 Å². The van der Waals surface area contributed by atoms with E-state index >= 15 is 0 Å². The Balaban J connectivity index is 1.83. The number of anilines is 2. The zero-order valence-electron chi connectivity index (χ0n) is 11.3. The van der Waals surface area contributed by atoms with Crippen molar-refractivity contribution in [2.24, 2.45) is 0 Å². The third kappa shape index (κ3) is 2.18. The molecule has 2 aliphatic rings. The van der Waals surface area contributed by atoms with Crippen molar-refractivity contribution in [3.05, 3.63) is 23.8 Å². The number of rotatable bonds is 4. The van der Waals surface area contributed by atoms with E-state index in [1.807, 2.05) is 12.1 Å². The van der Waals surface area contributed by atoms with Crippen LogP contribution in [0, 0.1) is 0 Å². The van der Waals surface area contributed by atoms with Crippen LogP contribution >= 0.6 is 0 Å². The summed E-state index contributed by atoms with van der Waals surface area (Å²) in [6.07, 6.45) is 4.04. The summed E-state index contributed by atoms with van der Waals surface area (Å²) in [6, 6.07) is 5.96. The molecular weight excluding hydrogens is 256 g/mol. The second-order valence-electron chi connectivity index (χ2n) is 5.37. The summed E-state index contributed by atoms with van der Waals surface area (Å²) in [7, 11) is 0. The van der Waals surface area contributed by atoms with Crippen LogP contribution < -0.4 is 10.2 Å². The van der Waals surface area contributed by atoms with Crippen LogP contribution in [0.15, 0.2) is 18.2 Å². The van der Waals surface area contributed by atoms with Crippen molar-refractivity contribution in [2.45, 2.75) is 31.7 Å². The lowest BCUT2D eigenvalue weighted by Gasteiger charge is -2.27. The number of aliphatic hydroxyl groups excluding tert-OH is 1. The molecule has 0 spiro atoms. The predicted molar refractivity (Wildman–Crippen MR) is 76.1 cm³/mol. The Hall–Kier alpha value is -1.88. The second-order valence-corrected chi connectivity index (χ2v) is 5.37. The molecule has 20 heavy (non-hydrogen) atoms. The molecule has 0 aliphatic carbocycles. The number of ketones is 1. The zero-order valence-corrected chi connectivity index (χ0v) is 11.3. The maximum atomic E-state index is 11.6. The van der Waals surface area contributed by atoms with Gasteiger partial charge in [0.1, 0.15) is 0 Å². The van der Waals surface area contributed by atoms with Gasteiger partial charge in [-0.15, -0.1) is 0 Å². The number of hydrogen-bond acceptors (Lipinski definition) is 4. The molecular formula is C15H18N2O3. The summed E-state index contributed by atoms with van der Waals surface area (Å²) >= 11 is 0. The third-order valence-corrected chi connectivity index (χ3v) is 4.11. The number of carbonyl (C=O) groups is 2. The van der Waals surface area contributed by atoms with Crippen LogP contribution in [0.1, 0.15) is 36.0 Å². The van der Waals surface area contributed by atoms with Gasteiger partial charge in [-0.3, -0.25) is 9.59 Å². The number of aliphatic hydroxyl groups is 1. The van der Waals surface area contributed by atoms with E-state index in [0.29, 0.717) is 17.3 Å². The van der Waals surface area contributed by atoms with Crippen LogP contribution in [-0.4, -0.2) is 36.0 Å². The predicted octanol–water partition coefficient (Wildman–Crippen LogP) is 1.56. The first-order chi connectivity index (χ1) is 9.70. The van der Waals surface area contributed by atoms with E-state index in [4.69, 9.17) is 5.11 Å². The quantitative estimate of drug-likeness (QED) is 0.818. The number of hydrogen-bond donors (Lipinski definition) is 2. The minimum atomic E-state index is -0.546. The monoisotopic (exact) mass is 274 g/mol. The Morgan fingerprint density at radius 1 is 1.35 bits per heavy atom. The topological polar surface area (TPSA) is 69.6 Å². The van der Waals surface area contributed by atoms with Crippen molar-refractivity contribution < 1.29 is 14.7 Å². The number of benzene rings is 1. The maximum absolute atomic E-state index is 11.6. The summed E-state index contributed by atoms with van der Waals surface area (Å²) < 4.78 is 0. The first kappa shape index (κ1) is 13.1. The highest BCUT2D eigenvalue weighted by Crippen LogP contribution is 2.33. The molecule has 1 unspecified atom stereocenters. The Morgan fingerprint density at radius 2 is 2.20 bits per heavy atom. The van der Waals surface area contributed by atoms with E-state index in [9.17, 15) is 9.59 Å². The highest BCUT2D eigenvalue weighted by Gasteiger charge is 2.30. The Bertz CT molecular complexity index is 556. The van der Waals surface area contributed by atoms with Gasteiger partial charge in [-0.2, -0.15) is 0 Å². The van der Waals surface area contributed by atoms with Gasteiger partial charge in [-0.25, -0.2) is 0 Å². The van der Waals surface area contributed by atoms with E-state index < -0.39 is 11.7 Å². The molecule has 1 amide bonds.